The maximum Gasteiger partial charge on any atom is 0.223 e. The molecule has 0 aliphatic heterocycles. The molecule has 1 amide bonds. The number of nitrogens with two attached hydrogens (primary N) is 1. The average molecular weight is 231 g/mol. The predicted molar refractivity (Wildman–Crippen MR) is 69.7 cm³/mol. The highest BCUT2D eigenvalue weighted by Crippen LogP contribution is 2.19. The summed E-state index contributed by atoms with van der Waals surface area (Å²) >= 11 is 0. The fourth-order valence-electron chi connectivity index (χ4n) is 1.84. The Kier molecular flexibility index (Phi) is 3.04. The Morgan fingerprint density at radius 3 is 2.82 bits per heavy atom. The number of fused-ring (bicyclic) bond motifs is 1. The molecule has 0 bridgehead atoms. The van der Waals surface area contributed by atoms with E-state index in [4.69, 9.17) is 5.73 Å². The number of aryl methyl sites for hydroxylation is 1. The van der Waals surface area contributed by atoms with Gasteiger partial charge in [-0.2, -0.15) is 0 Å². The normalized spacial score (nSPS) is 10.7. The number of hydrogen-bond acceptors (Lipinski definition) is 2. The van der Waals surface area contributed by atoms with Gasteiger partial charge in [0.15, 0.2) is 0 Å². The van der Waals surface area contributed by atoms with Crippen molar-refractivity contribution >= 4 is 22.5 Å². The first-order valence-corrected chi connectivity index (χ1v) is 5.62. The van der Waals surface area contributed by atoms with Gasteiger partial charge in [0.25, 0.3) is 0 Å². The van der Waals surface area contributed by atoms with Crippen LogP contribution in [0.2, 0.25) is 0 Å². The van der Waals surface area contributed by atoms with Crippen LogP contribution in [-0.4, -0.2) is 29.5 Å². The molecule has 0 spiro atoms. The number of carbonyl (C=O) groups is 1. The zero-order valence-electron chi connectivity index (χ0n) is 10.2. The Morgan fingerprint density at radius 2 is 2.12 bits per heavy atom. The van der Waals surface area contributed by atoms with Crippen LogP contribution in [0.5, 0.6) is 0 Å². The second-order valence-corrected chi connectivity index (χ2v) is 4.37. The number of rotatable bonds is 3. The molecule has 4 heteroatoms. The maximum absolute atomic E-state index is 11.5. The van der Waals surface area contributed by atoms with Crippen molar-refractivity contribution in [2.75, 3.05) is 19.8 Å². The minimum atomic E-state index is 0.135. The van der Waals surface area contributed by atoms with Crippen molar-refractivity contribution in [3.8, 4) is 0 Å². The summed E-state index contributed by atoms with van der Waals surface area (Å²) in [5.41, 5.74) is 7.59. The van der Waals surface area contributed by atoms with E-state index in [2.05, 4.69) is 4.57 Å². The van der Waals surface area contributed by atoms with Gasteiger partial charge >= 0.3 is 0 Å². The van der Waals surface area contributed by atoms with E-state index in [1.165, 1.54) is 0 Å². The van der Waals surface area contributed by atoms with Crippen molar-refractivity contribution in [2.24, 2.45) is 0 Å². The van der Waals surface area contributed by atoms with Gasteiger partial charge in [0, 0.05) is 38.9 Å². The molecule has 0 atom stereocenters. The number of anilines is 1. The zero-order chi connectivity index (χ0) is 12.4. The molecule has 0 saturated heterocycles. The van der Waals surface area contributed by atoms with Gasteiger partial charge in [0.05, 0.1) is 5.52 Å². The van der Waals surface area contributed by atoms with Crippen LogP contribution in [0, 0.1) is 0 Å². The average Bonchev–Trinajstić information content (AvgIpc) is 2.68. The first kappa shape index (κ1) is 11.5. The van der Waals surface area contributed by atoms with Gasteiger partial charge in [0.2, 0.25) is 5.91 Å². The molecule has 0 unspecified atom stereocenters. The summed E-state index contributed by atoms with van der Waals surface area (Å²) < 4.78 is 2.06. The second kappa shape index (κ2) is 4.49. The SMILES string of the molecule is CN(C)C(=O)CCn1ccc2ccc(N)cc21. The van der Waals surface area contributed by atoms with Gasteiger partial charge in [-0.05, 0) is 23.6 Å². The van der Waals surface area contributed by atoms with Crippen LogP contribution < -0.4 is 5.73 Å². The van der Waals surface area contributed by atoms with Gasteiger partial charge in [-0.1, -0.05) is 6.07 Å². The highest BCUT2D eigenvalue weighted by molar-refractivity contribution is 5.83. The lowest BCUT2D eigenvalue weighted by molar-refractivity contribution is -0.128. The van der Waals surface area contributed by atoms with E-state index in [9.17, 15) is 4.79 Å². The van der Waals surface area contributed by atoms with E-state index >= 15 is 0 Å². The molecule has 0 saturated carbocycles. The van der Waals surface area contributed by atoms with Gasteiger partial charge < -0.3 is 15.2 Å². The zero-order valence-corrected chi connectivity index (χ0v) is 10.2. The Hall–Kier alpha value is -1.97. The van der Waals surface area contributed by atoms with Crippen molar-refractivity contribution in [3.63, 3.8) is 0 Å². The lowest BCUT2D eigenvalue weighted by Crippen LogP contribution is -2.22. The van der Waals surface area contributed by atoms with Crippen LogP contribution in [0.25, 0.3) is 10.9 Å². The highest BCUT2D eigenvalue weighted by atomic mass is 16.2. The third-order valence-corrected chi connectivity index (χ3v) is 2.86. The van der Waals surface area contributed by atoms with Gasteiger partial charge in [-0.3, -0.25) is 4.79 Å². The molecule has 1 heterocycles. The van der Waals surface area contributed by atoms with Gasteiger partial charge in [-0.25, -0.2) is 0 Å². The minimum absolute atomic E-state index is 0.135. The van der Waals surface area contributed by atoms with Gasteiger partial charge in [0.1, 0.15) is 0 Å². The number of benzene rings is 1. The highest BCUT2D eigenvalue weighted by Gasteiger charge is 2.06. The fraction of sp³-hybridized carbons (Fsp3) is 0.308. The maximum atomic E-state index is 11.5. The Labute approximate surface area is 101 Å². The van der Waals surface area contributed by atoms with E-state index in [1.807, 2.05) is 30.5 Å². The molecule has 4 nitrogen and oxygen atoms in total. The summed E-state index contributed by atoms with van der Waals surface area (Å²) in [6.07, 6.45) is 2.50. The second-order valence-electron chi connectivity index (χ2n) is 4.37. The topological polar surface area (TPSA) is 51.3 Å². The van der Waals surface area contributed by atoms with Crippen molar-refractivity contribution in [1.29, 1.82) is 0 Å². The fourth-order valence-corrected chi connectivity index (χ4v) is 1.84. The molecular weight excluding hydrogens is 214 g/mol. The molecule has 0 radical (unpaired) electrons. The van der Waals surface area contributed by atoms with E-state index in [-0.39, 0.29) is 5.91 Å². The lowest BCUT2D eigenvalue weighted by atomic mass is 10.2. The van der Waals surface area contributed by atoms with Crippen LogP contribution >= 0.6 is 0 Å². The molecule has 2 aromatic rings. The van der Waals surface area contributed by atoms with E-state index in [1.54, 1.807) is 19.0 Å². The molecule has 1 aromatic heterocycles. The minimum Gasteiger partial charge on any atom is -0.399 e. The number of carbonyl (C=O) groups excluding carboxylic acids is 1. The van der Waals surface area contributed by atoms with Crippen molar-refractivity contribution < 1.29 is 4.79 Å². The van der Waals surface area contributed by atoms with Gasteiger partial charge in [-0.15, -0.1) is 0 Å². The molecule has 2 N–H and O–H groups in total. The molecule has 0 aliphatic rings. The predicted octanol–water partition coefficient (Wildman–Crippen LogP) is 1.70. The summed E-state index contributed by atoms with van der Waals surface area (Å²) in [6, 6.07) is 7.86. The molecule has 2 rings (SSSR count). The molecule has 90 valence electrons. The standard InChI is InChI=1S/C13H17N3O/c1-15(2)13(17)6-8-16-7-5-10-3-4-11(14)9-12(10)16/h3-5,7,9H,6,8,14H2,1-2H3. The van der Waals surface area contributed by atoms with E-state index < -0.39 is 0 Å². The number of aromatic nitrogens is 1. The first-order chi connectivity index (χ1) is 8.08. The number of nitrogen functional groups attached to an aromatic ring is 1. The summed E-state index contributed by atoms with van der Waals surface area (Å²) in [7, 11) is 3.54. The van der Waals surface area contributed by atoms with E-state index in [0.29, 0.717) is 13.0 Å². The summed E-state index contributed by atoms with van der Waals surface area (Å²) in [5, 5.41) is 1.15. The summed E-state index contributed by atoms with van der Waals surface area (Å²) in [5.74, 6) is 0.135. The van der Waals surface area contributed by atoms with Crippen LogP contribution in [0.1, 0.15) is 6.42 Å². The largest absolute Gasteiger partial charge is 0.399 e. The molecule has 1 aromatic carbocycles. The Morgan fingerprint density at radius 1 is 1.35 bits per heavy atom. The van der Waals surface area contributed by atoms with Crippen LogP contribution in [0.3, 0.4) is 0 Å². The van der Waals surface area contributed by atoms with Crippen molar-refractivity contribution in [2.45, 2.75) is 13.0 Å². The smallest absolute Gasteiger partial charge is 0.223 e. The van der Waals surface area contributed by atoms with Crippen LogP contribution in [0.4, 0.5) is 5.69 Å². The molecule has 17 heavy (non-hydrogen) atoms. The van der Waals surface area contributed by atoms with E-state index in [0.717, 1.165) is 16.6 Å². The Balaban J connectivity index is 2.19. The monoisotopic (exact) mass is 231 g/mol. The third kappa shape index (κ3) is 2.41. The Bertz CT molecular complexity index is 543. The van der Waals surface area contributed by atoms with Crippen molar-refractivity contribution in [3.05, 3.63) is 30.5 Å². The van der Waals surface area contributed by atoms with Crippen LogP contribution in [-0.2, 0) is 11.3 Å². The summed E-state index contributed by atoms with van der Waals surface area (Å²) in [4.78, 5) is 13.1. The summed E-state index contributed by atoms with van der Waals surface area (Å²) in [6.45, 7) is 0.684. The number of amides is 1. The molecular formula is C13H17N3O. The van der Waals surface area contributed by atoms with Crippen molar-refractivity contribution in [1.82, 2.24) is 9.47 Å². The lowest BCUT2D eigenvalue weighted by Gasteiger charge is -2.11. The number of nitrogens with zero attached hydrogens (tertiary/aromatic N) is 2. The molecule has 0 aliphatic carbocycles. The van der Waals surface area contributed by atoms with Crippen LogP contribution in [0.15, 0.2) is 30.5 Å². The third-order valence-electron chi connectivity index (χ3n) is 2.86. The quantitative estimate of drug-likeness (QED) is 0.817. The molecule has 0 fully saturated rings. The number of hydrogen-bond donors (Lipinski definition) is 1. The first-order valence-electron chi connectivity index (χ1n) is 5.62.